The molecule has 0 bridgehead atoms. The number of hydrogen-bond acceptors (Lipinski definition) is 4. The zero-order valence-corrected chi connectivity index (χ0v) is 20.2. The Labute approximate surface area is 201 Å². The number of nitrogens with zero attached hydrogens (tertiary/aromatic N) is 1. The van der Waals surface area contributed by atoms with Crippen LogP contribution in [0.5, 0.6) is 5.75 Å². The summed E-state index contributed by atoms with van der Waals surface area (Å²) in [7, 11) is 0. The van der Waals surface area contributed by atoms with Crippen molar-refractivity contribution in [3.8, 4) is 16.3 Å². The lowest BCUT2D eigenvalue weighted by Gasteiger charge is -2.15. The highest BCUT2D eigenvalue weighted by Crippen LogP contribution is 2.39. The quantitative estimate of drug-likeness (QED) is 0.304. The number of hydrogen-bond donors (Lipinski definition) is 1. The van der Waals surface area contributed by atoms with E-state index in [1.165, 1.54) is 11.3 Å². The van der Waals surface area contributed by atoms with Crippen LogP contribution in [0.2, 0.25) is 10.0 Å². The predicted molar refractivity (Wildman–Crippen MR) is 134 cm³/mol. The van der Waals surface area contributed by atoms with E-state index in [0.29, 0.717) is 27.0 Å². The van der Waals surface area contributed by atoms with Crippen LogP contribution in [-0.4, -0.2) is 17.5 Å². The van der Waals surface area contributed by atoms with Crippen LogP contribution in [0, 0.1) is 6.92 Å². The van der Waals surface area contributed by atoms with E-state index < -0.39 is 0 Å². The zero-order valence-electron chi connectivity index (χ0n) is 17.9. The molecule has 4 rings (SSSR count). The van der Waals surface area contributed by atoms with Gasteiger partial charge >= 0.3 is 0 Å². The molecule has 1 N–H and O–H groups in total. The predicted octanol–water partition coefficient (Wildman–Crippen LogP) is 7.72. The molecule has 1 aromatic heterocycles. The van der Waals surface area contributed by atoms with E-state index in [1.807, 2.05) is 49.4 Å². The molecule has 1 heterocycles. The molecule has 7 heteroatoms. The average molecular weight is 485 g/mol. The van der Waals surface area contributed by atoms with Crippen molar-refractivity contribution in [3.63, 3.8) is 0 Å². The molecule has 0 radical (unpaired) electrons. The Morgan fingerprint density at radius 3 is 2.62 bits per heavy atom. The van der Waals surface area contributed by atoms with Gasteiger partial charge in [-0.1, -0.05) is 61.3 Å². The first-order chi connectivity index (χ1) is 15.3. The van der Waals surface area contributed by atoms with Gasteiger partial charge in [-0.2, -0.15) is 0 Å². The largest absolute Gasteiger partial charge is 0.483 e. The van der Waals surface area contributed by atoms with Gasteiger partial charge in [0.1, 0.15) is 10.8 Å². The lowest BCUT2D eigenvalue weighted by atomic mass is 10.0. The molecule has 0 spiro atoms. The number of fused-ring (bicyclic) bond motifs is 1. The first kappa shape index (κ1) is 22.6. The molecule has 0 aliphatic carbocycles. The minimum atomic E-state index is -0.305. The van der Waals surface area contributed by atoms with Gasteiger partial charge in [0, 0.05) is 5.56 Å². The molecule has 32 heavy (non-hydrogen) atoms. The molecule has 0 unspecified atom stereocenters. The van der Waals surface area contributed by atoms with Crippen LogP contribution in [0.25, 0.3) is 20.8 Å². The molecule has 0 aliphatic rings. The fourth-order valence-electron chi connectivity index (χ4n) is 3.37. The second kappa shape index (κ2) is 9.49. The van der Waals surface area contributed by atoms with E-state index in [4.69, 9.17) is 27.9 Å². The number of ether oxygens (including phenoxy) is 1. The lowest BCUT2D eigenvalue weighted by Crippen LogP contribution is -2.21. The van der Waals surface area contributed by atoms with E-state index in [1.54, 1.807) is 12.1 Å². The molecular weight excluding hydrogens is 463 g/mol. The second-order valence-electron chi connectivity index (χ2n) is 7.83. The Kier molecular flexibility index (Phi) is 6.70. The fourth-order valence-corrected chi connectivity index (χ4v) is 4.94. The number of para-hydroxylation sites is 1. The van der Waals surface area contributed by atoms with E-state index in [2.05, 4.69) is 24.1 Å². The zero-order chi connectivity index (χ0) is 22.8. The van der Waals surface area contributed by atoms with Crippen molar-refractivity contribution in [2.75, 3.05) is 11.9 Å². The maximum Gasteiger partial charge on any atom is 0.262 e. The smallest absolute Gasteiger partial charge is 0.262 e. The second-order valence-corrected chi connectivity index (χ2v) is 9.68. The summed E-state index contributed by atoms with van der Waals surface area (Å²) in [5.41, 5.74) is 4.22. The van der Waals surface area contributed by atoms with E-state index in [0.717, 1.165) is 26.4 Å². The Morgan fingerprint density at radius 1 is 1.09 bits per heavy atom. The fraction of sp³-hybridized carbons (Fsp3) is 0.200. The summed E-state index contributed by atoms with van der Waals surface area (Å²) < 4.78 is 6.90. The normalized spacial score (nSPS) is 11.2. The van der Waals surface area contributed by atoms with Gasteiger partial charge in [0.25, 0.3) is 5.91 Å². The molecule has 164 valence electrons. The van der Waals surface area contributed by atoms with Gasteiger partial charge in [0.2, 0.25) is 0 Å². The highest BCUT2D eigenvalue weighted by Gasteiger charge is 2.16. The Bertz CT molecular complexity index is 1270. The van der Waals surface area contributed by atoms with Crippen molar-refractivity contribution in [3.05, 3.63) is 75.8 Å². The number of anilines is 1. The number of halogens is 2. The lowest BCUT2D eigenvalue weighted by molar-refractivity contribution is -0.118. The summed E-state index contributed by atoms with van der Waals surface area (Å²) >= 11 is 14.3. The van der Waals surface area contributed by atoms with Crippen LogP contribution < -0.4 is 10.1 Å². The minimum absolute atomic E-state index is 0.126. The van der Waals surface area contributed by atoms with Crippen LogP contribution in [0.3, 0.4) is 0 Å². The number of benzene rings is 3. The van der Waals surface area contributed by atoms with E-state index in [-0.39, 0.29) is 18.4 Å². The van der Waals surface area contributed by atoms with Crippen LogP contribution in [0.15, 0.2) is 54.6 Å². The van der Waals surface area contributed by atoms with Gasteiger partial charge in [-0.15, -0.1) is 11.3 Å². The number of carbonyl (C=O) groups is 1. The van der Waals surface area contributed by atoms with Crippen LogP contribution >= 0.6 is 34.5 Å². The maximum absolute atomic E-state index is 12.6. The summed E-state index contributed by atoms with van der Waals surface area (Å²) in [4.78, 5) is 17.3. The molecule has 4 aromatic rings. The van der Waals surface area contributed by atoms with Crippen molar-refractivity contribution < 1.29 is 9.53 Å². The van der Waals surface area contributed by atoms with E-state index >= 15 is 0 Å². The van der Waals surface area contributed by atoms with Gasteiger partial charge in [-0.05, 0) is 54.3 Å². The van der Waals surface area contributed by atoms with Crippen LogP contribution in [0.1, 0.15) is 30.9 Å². The third kappa shape index (κ3) is 4.90. The first-order valence-electron chi connectivity index (χ1n) is 10.2. The Hall–Kier alpha value is -2.60. The maximum atomic E-state index is 12.6. The number of amides is 1. The van der Waals surface area contributed by atoms with Gasteiger partial charge in [-0.25, -0.2) is 4.98 Å². The van der Waals surface area contributed by atoms with Gasteiger partial charge in [0.05, 0.1) is 25.9 Å². The summed E-state index contributed by atoms with van der Waals surface area (Å²) in [5, 5.41) is 4.43. The minimum Gasteiger partial charge on any atom is -0.483 e. The average Bonchev–Trinajstić information content (AvgIpc) is 3.18. The topological polar surface area (TPSA) is 51.2 Å². The van der Waals surface area contributed by atoms with Gasteiger partial charge in [-0.3, -0.25) is 4.79 Å². The molecular formula is C25H22Cl2N2O2S. The van der Waals surface area contributed by atoms with Crippen molar-refractivity contribution in [1.29, 1.82) is 0 Å². The SMILES string of the molecule is Cc1ccc(C(C)C)c(OCC(=O)Nc2cc(-c3nc4ccccc4s3)c(Cl)cc2Cl)c1. The number of aromatic nitrogens is 1. The highest BCUT2D eigenvalue weighted by atomic mass is 35.5. The molecule has 1 amide bonds. The molecule has 0 saturated heterocycles. The molecule has 0 atom stereocenters. The van der Waals surface area contributed by atoms with Crippen molar-refractivity contribution in [2.45, 2.75) is 26.7 Å². The number of nitrogens with one attached hydrogen (secondary N) is 1. The third-order valence-electron chi connectivity index (χ3n) is 5.00. The molecule has 0 aliphatic heterocycles. The Balaban J connectivity index is 1.54. The monoisotopic (exact) mass is 484 g/mol. The number of aryl methyl sites for hydroxylation is 1. The standard InChI is InChI=1S/C25H22Cl2N2O2S/c1-14(2)16-9-8-15(3)10-22(16)31-13-24(30)28-21-11-17(18(26)12-19(21)27)25-29-20-6-4-5-7-23(20)32-25/h4-12,14H,13H2,1-3H3,(H,28,30). The van der Waals surface area contributed by atoms with Gasteiger partial charge < -0.3 is 10.1 Å². The van der Waals surface area contributed by atoms with Crippen molar-refractivity contribution >= 4 is 56.3 Å². The number of carbonyl (C=O) groups excluding carboxylic acids is 1. The molecule has 3 aromatic carbocycles. The van der Waals surface area contributed by atoms with E-state index in [9.17, 15) is 4.79 Å². The number of thiazole rings is 1. The third-order valence-corrected chi connectivity index (χ3v) is 6.70. The highest BCUT2D eigenvalue weighted by molar-refractivity contribution is 7.21. The van der Waals surface area contributed by atoms with Crippen molar-refractivity contribution in [1.82, 2.24) is 4.98 Å². The molecule has 0 fully saturated rings. The van der Waals surface area contributed by atoms with Crippen LogP contribution in [-0.2, 0) is 4.79 Å². The summed E-state index contributed by atoms with van der Waals surface area (Å²) in [6, 6.07) is 17.3. The molecule has 0 saturated carbocycles. The van der Waals surface area contributed by atoms with Gasteiger partial charge in [0.15, 0.2) is 6.61 Å². The summed E-state index contributed by atoms with van der Waals surface area (Å²) in [6.45, 7) is 6.05. The first-order valence-corrected chi connectivity index (χ1v) is 11.8. The van der Waals surface area contributed by atoms with Crippen molar-refractivity contribution in [2.24, 2.45) is 0 Å². The summed E-state index contributed by atoms with van der Waals surface area (Å²) in [6.07, 6.45) is 0. The Morgan fingerprint density at radius 2 is 1.88 bits per heavy atom. The molecule has 4 nitrogen and oxygen atoms in total. The van der Waals surface area contributed by atoms with Crippen LogP contribution in [0.4, 0.5) is 5.69 Å². The number of rotatable bonds is 6. The summed E-state index contributed by atoms with van der Waals surface area (Å²) in [5.74, 6) is 0.698.